The SMILES string of the molecule is C/C=C/C(=O)C12CC3CC(CC(C3)C1)C2.CC(=O)C12CC3CC(CC(C3)C1)C2.CC=O.CCO.[Na+].[OH-]. The molecule has 8 aliphatic carbocycles. The third-order valence-corrected chi connectivity index (χ3v) is 9.66. The first-order chi connectivity index (χ1) is 16.2. The van der Waals surface area contributed by atoms with Crippen LogP contribution in [0.25, 0.3) is 0 Å². The van der Waals surface area contributed by atoms with Crippen molar-refractivity contribution in [3.8, 4) is 0 Å². The van der Waals surface area contributed by atoms with Crippen LogP contribution in [0.15, 0.2) is 12.2 Å². The summed E-state index contributed by atoms with van der Waals surface area (Å²) >= 11 is 0. The first kappa shape index (κ1) is 33.7. The van der Waals surface area contributed by atoms with Crippen LogP contribution in [0.4, 0.5) is 0 Å². The first-order valence-electron chi connectivity index (χ1n) is 13.9. The second kappa shape index (κ2) is 14.7. The van der Waals surface area contributed by atoms with Crippen molar-refractivity contribution in [3.63, 3.8) is 0 Å². The topological polar surface area (TPSA) is 101 Å². The van der Waals surface area contributed by atoms with Crippen LogP contribution < -0.4 is 29.6 Å². The van der Waals surface area contributed by atoms with E-state index >= 15 is 0 Å². The minimum atomic E-state index is 0. The maximum Gasteiger partial charge on any atom is 1.00 e. The van der Waals surface area contributed by atoms with Gasteiger partial charge in [-0.05, 0) is 146 Å². The fourth-order valence-corrected chi connectivity index (χ4v) is 9.28. The summed E-state index contributed by atoms with van der Waals surface area (Å²) < 4.78 is 0. The number of hydrogen-bond acceptors (Lipinski definition) is 5. The first-order valence-corrected chi connectivity index (χ1v) is 13.9. The van der Waals surface area contributed by atoms with Crippen LogP contribution in [-0.2, 0) is 14.4 Å². The van der Waals surface area contributed by atoms with Crippen LogP contribution in [0.2, 0.25) is 0 Å². The number of ketones is 2. The van der Waals surface area contributed by atoms with Gasteiger partial charge in [0.15, 0.2) is 5.78 Å². The molecule has 0 aromatic carbocycles. The maximum atomic E-state index is 12.2. The Kier molecular flexibility index (Phi) is 13.8. The molecule has 8 aliphatic rings. The van der Waals surface area contributed by atoms with Gasteiger partial charge in [0, 0.05) is 17.4 Å². The predicted molar refractivity (Wildman–Crippen MR) is 138 cm³/mol. The zero-order valence-electron chi connectivity index (χ0n) is 23.5. The molecule has 200 valence electrons. The van der Waals surface area contributed by atoms with E-state index in [0.29, 0.717) is 11.6 Å². The van der Waals surface area contributed by atoms with Gasteiger partial charge in [-0.25, -0.2) is 0 Å². The maximum absolute atomic E-state index is 12.2. The zero-order chi connectivity index (χ0) is 24.9. The van der Waals surface area contributed by atoms with Crippen molar-refractivity contribution >= 4 is 17.9 Å². The minimum Gasteiger partial charge on any atom is -0.870 e. The summed E-state index contributed by atoms with van der Waals surface area (Å²) in [5.74, 6) is 6.30. The molecule has 0 saturated heterocycles. The molecular formula is C30H49NaO5. The summed E-state index contributed by atoms with van der Waals surface area (Å²) in [7, 11) is 0. The smallest absolute Gasteiger partial charge is 0.870 e. The van der Waals surface area contributed by atoms with Crippen molar-refractivity contribution in [1.82, 2.24) is 0 Å². The molecule has 6 heteroatoms. The van der Waals surface area contributed by atoms with Gasteiger partial charge in [-0.1, -0.05) is 6.08 Å². The molecule has 0 amide bonds. The third-order valence-electron chi connectivity index (χ3n) is 9.66. The normalized spacial score (nSPS) is 39.7. The Bertz CT molecular complexity index is 688. The van der Waals surface area contributed by atoms with Crippen LogP contribution >= 0.6 is 0 Å². The van der Waals surface area contributed by atoms with Crippen LogP contribution in [-0.4, -0.2) is 35.0 Å². The van der Waals surface area contributed by atoms with Gasteiger partial charge < -0.3 is 15.4 Å². The van der Waals surface area contributed by atoms with E-state index in [1.807, 2.05) is 26.0 Å². The van der Waals surface area contributed by atoms with Crippen molar-refractivity contribution in [2.75, 3.05) is 6.61 Å². The molecule has 8 bridgehead atoms. The fourth-order valence-electron chi connectivity index (χ4n) is 9.28. The summed E-state index contributed by atoms with van der Waals surface area (Å²) in [4.78, 5) is 32.7. The number of allylic oxidation sites excluding steroid dienone is 2. The number of aldehydes is 1. The summed E-state index contributed by atoms with van der Waals surface area (Å²) in [6, 6.07) is 0. The molecule has 36 heavy (non-hydrogen) atoms. The Hall–Kier alpha value is -0.330. The molecule has 0 radical (unpaired) electrons. The van der Waals surface area contributed by atoms with Gasteiger partial charge in [-0.15, -0.1) is 0 Å². The largest absolute Gasteiger partial charge is 1.00 e. The average Bonchev–Trinajstić information content (AvgIpc) is 2.74. The van der Waals surface area contributed by atoms with Crippen molar-refractivity contribution in [1.29, 1.82) is 0 Å². The van der Waals surface area contributed by atoms with Crippen LogP contribution in [0.3, 0.4) is 0 Å². The number of aliphatic hydroxyl groups excluding tert-OH is 1. The van der Waals surface area contributed by atoms with E-state index in [4.69, 9.17) is 9.90 Å². The number of carbonyl (C=O) groups excluding carboxylic acids is 3. The van der Waals surface area contributed by atoms with Crippen molar-refractivity contribution < 1.29 is 54.5 Å². The van der Waals surface area contributed by atoms with E-state index < -0.39 is 0 Å². The van der Waals surface area contributed by atoms with Crippen molar-refractivity contribution in [3.05, 3.63) is 12.2 Å². The van der Waals surface area contributed by atoms with E-state index in [9.17, 15) is 9.59 Å². The fraction of sp³-hybridized carbons (Fsp3) is 0.833. The number of aliphatic hydroxyl groups is 1. The van der Waals surface area contributed by atoms with E-state index in [2.05, 4.69) is 0 Å². The summed E-state index contributed by atoms with van der Waals surface area (Å²) in [5.41, 5.74) is 0.246. The standard InChI is InChI=1S/C14H20O.C12H18O.C2H6O.C2H4O.Na.H2O/c1-2-3-13(15)14-7-10-4-11(8-14)6-12(5-10)9-14;1-8(13)12-5-9-2-10(6-12)4-11(3-9)7-12;2*1-2-3;;/h2-3,10-12H,4-9H2,1H3;9-11H,2-7H2,1H3;3H,2H2,1H3;2H,1H3;;1H2/q;;;;+1;/p-1/b3-2+;;;;;. The predicted octanol–water partition coefficient (Wildman–Crippen LogP) is 3.17. The molecule has 8 saturated carbocycles. The Balaban J connectivity index is 0.000000285. The molecule has 0 aromatic rings. The monoisotopic (exact) mass is 512 g/mol. The second-order valence-electron chi connectivity index (χ2n) is 12.4. The average molecular weight is 513 g/mol. The number of carbonyl (C=O) groups is 3. The Morgan fingerprint density at radius 2 is 1.00 bits per heavy atom. The minimum absolute atomic E-state index is 0. The molecule has 0 spiro atoms. The number of rotatable bonds is 3. The molecule has 8 rings (SSSR count). The molecule has 8 fully saturated rings. The molecular weight excluding hydrogens is 463 g/mol. The number of Topliss-reactive ketones (excluding diaryl/α,β-unsaturated/α-hetero) is 1. The van der Waals surface area contributed by atoms with Gasteiger partial charge in [0.25, 0.3) is 0 Å². The second-order valence-corrected chi connectivity index (χ2v) is 12.4. The quantitative estimate of drug-likeness (QED) is 0.356. The van der Waals surface area contributed by atoms with Crippen LogP contribution in [0, 0.1) is 46.3 Å². The van der Waals surface area contributed by atoms with Crippen LogP contribution in [0.1, 0.15) is 105 Å². The van der Waals surface area contributed by atoms with E-state index in [1.165, 1.54) is 84.0 Å². The van der Waals surface area contributed by atoms with Gasteiger partial charge >= 0.3 is 29.6 Å². The van der Waals surface area contributed by atoms with Gasteiger partial charge in [-0.3, -0.25) is 9.59 Å². The molecule has 0 aromatic heterocycles. The summed E-state index contributed by atoms with van der Waals surface area (Å²) in [5, 5.41) is 7.57. The number of hydrogen-bond donors (Lipinski definition) is 1. The molecule has 2 N–H and O–H groups in total. The van der Waals surface area contributed by atoms with E-state index in [-0.39, 0.29) is 52.5 Å². The molecule has 0 atom stereocenters. The van der Waals surface area contributed by atoms with Crippen LogP contribution in [0.5, 0.6) is 0 Å². The summed E-state index contributed by atoms with van der Waals surface area (Å²) in [6.07, 6.45) is 20.3. The third kappa shape index (κ3) is 7.62. The van der Waals surface area contributed by atoms with Crippen molar-refractivity contribution in [2.45, 2.75) is 105 Å². The Morgan fingerprint density at radius 3 is 1.22 bits per heavy atom. The van der Waals surface area contributed by atoms with Gasteiger partial charge in [0.1, 0.15) is 12.1 Å². The molecule has 0 aliphatic heterocycles. The van der Waals surface area contributed by atoms with Gasteiger partial charge in [0.05, 0.1) is 0 Å². The Labute approximate surface area is 241 Å². The van der Waals surface area contributed by atoms with E-state index in [1.54, 1.807) is 6.92 Å². The molecule has 0 heterocycles. The zero-order valence-corrected chi connectivity index (χ0v) is 25.5. The molecule has 5 nitrogen and oxygen atoms in total. The van der Waals surface area contributed by atoms with Gasteiger partial charge in [0.2, 0.25) is 0 Å². The van der Waals surface area contributed by atoms with Gasteiger partial charge in [-0.2, -0.15) is 0 Å². The summed E-state index contributed by atoms with van der Waals surface area (Å²) in [6.45, 7) is 7.16. The Morgan fingerprint density at radius 1 is 0.750 bits per heavy atom. The molecule has 0 unspecified atom stereocenters. The van der Waals surface area contributed by atoms with Crippen molar-refractivity contribution in [2.24, 2.45) is 46.3 Å². The van der Waals surface area contributed by atoms with E-state index in [0.717, 1.165) is 41.8 Å².